The lowest BCUT2D eigenvalue weighted by Gasteiger charge is -2.06. The Bertz CT molecular complexity index is 1160. The van der Waals surface area contributed by atoms with E-state index in [0.717, 1.165) is 21.0 Å². The Kier molecular flexibility index (Phi) is 4.90. The van der Waals surface area contributed by atoms with E-state index in [9.17, 15) is 4.79 Å². The highest BCUT2D eigenvalue weighted by Gasteiger charge is 2.09. The number of amides is 1. The number of nitrogens with zero attached hydrogens (tertiary/aromatic N) is 2. The molecule has 0 unspecified atom stereocenters. The summed E-state index contributed by atoms with van der Waals surface area (Å²) in [6.07, 6.45) is 1.55. The van der Waals surface area contributed by atoms with E-state index in [0.29, 0.717) is 17.2 Å². The highest BCUT2D eigenvalue weighted by atomic mass is 32.1. The van der Waals surface area contributed by atoms with Crippen LogP contribution in [0, 0.1) is 6.92 Å². The van der Waals surface area contributed by atoms with E-state index in [1.807, 2.05) is 30.3 Å². The highest BCUT2D eigenvalue weighted by molar-refractivity contribution is 7.22. The molecule has 2 N–H and O–H groups in total. The van der Waals surface area contributed by atoms with Gasteiger partial charge in [-0.1, -0.05) is 23.5 Å². The van der Waals surface area contributed by atoms with Crippen molar-refractivity contribution in [3.8, 4) is 11.5 Å². The number of hydrogen-bond acceptors (Lipinski definition) is 6. The van der Waals surface area contributed by atoms with Crippen LogP contribution in [0.15, 0.2) is 60.8 Å². The zero-order valence-corrected chi connectivity index (χ0v) is 16.2. The van der Waals surface area contributed by atoms with Gasteiger partial charge in [-0.25, -0.2) is 4.98 Å². The molecule has 2 aromatic carbocycles. The minimum atomic E-state index is -0.254. The van der Waals surface area contributed by atoms with Crippen molar-refractivity contribution < 1.29 is 9.53 Å². The van der Waals surface area contributed by atoms with Crippen LogP contribution in [-0.2, 0) is 0 Å². The fourth-order valence-corrected chi connectivity index (χ4v) is 3.65. The fraction of sp³-hybridized carbons (Fsp3) is 0.0952. The number of carbonyl (C=O) groups is 1. The van der Waals surface area contributed by atoms with Gasteiger partial charge in [-0.05, 0) is 42.8 Å². The molecule has 2 aromatic heterocycles. The van der Waals surface area contributed by atoms with Crippen LogP contribution in [0.5, 0.6) is 11.5 Å². The third-order valence-corrected chi connectivity index (χ3v) is 4.99. The number of thiazole rings is 1. The summed E-state index contributed by atoms with van der Waals surface area (Å²) in [5.74, 6) is 0.970. The van der Waals surface area contributed by atoms with E-state index in [2.05, 4.69) is 39.7 Å². The third-order valence-electron chi connectivity index (χ3n) is 4.06. The van der Waals surface area contributed by atoms with Crippen LogP contribution in [0.3, 0.4) is 0 Å². The van der Waals surface area contributed by atoms with E-state index in [-0.39, 0.29) is 5.91 Å². The van der Waals surface area contributed by atoms with E-state index in [1.54, 1.807) is 36.7 Å². The number of aromatic nitrogens is 2. The highest BCUT2D eigenvalue weighted by Crippen LogP contribution is 2.32. The van der Waals surface area contributed by atoms with Gasteiger partial charge in [-0.2, -0.15) is 0 Å². The van der Waals surface area contributed by atoms with Crippen molar-refractivity contribution in [2.24, 2.45) is 0 Å². The molecule has 140 valence electrons. The first-order valence-electron chi connectivity index (χ1n) is 8.71. The maximum atomic E-state index is 11.7. The molecule has 0 saturated carbocycles. The Morgan fingerprint density at radius 1 is 1.07 bits per heavy atom. The summed E-state index contributed by atoms with van der Waals surface area (Å²) in [6.45, 7) is 2.06. The van der Waals surface area contributed by atoms with Gasteiger partial charge < -0.3 is 15.4 Å². The quantitative estimate of drug-likeness (QED) is 0.507. The van der Waals surface area contributed by atoms with E-state index in [4.69, 9.17) is 4.74 Å². The number of rotatable bonds is 5. The zero-order chi connectivity index (χ0) is 19.5. The van der Waals surface area contributed by atoms with Gasteiger partial charge in [0.05, 0.1) is 10.2 Å². The van der Waals surface area contributed by atoms with Crippen LogP contribution in [0.25, 0.3) is 10.2 Å². The number of hydrogen-bond donors (Lipinski definition) is 2. The molecule has 4 rings (SSSR count). The van der Waals surface area contributed by atoms with Gasteiger partial charge in [0.2, 0.25) is 0 Å². The van der Waals surface area contributed by atoms with E-state index < -0.39 is 0 Å². The molecular weight excluding hydrogens is 372 g/mol. The number of anilines is 2. The second-order valence-electron chi connectivity index (χ2n) is 6.20. The second-order valence-corrected chi connectivity index (χ2v) is 7.23. The number of fused-ring (bicyclic) bond motifs is 1. The first kappa shape index (κ1) is 17.9. The molecule has 6 nitrogen and oxygen atoms in total. The molecule has 1 amide bonds. The van der Waals surface area contributed by atoms with Gasteiger partial charge in [-0.3, -0.25) is 9.78 Å². The molecular formula is C21H18N4O2S. The second kappa shape index (κ2) is 7.66. The van der Waals surface area contributed by atoms with Crippen LogP contribution in [-0.4, -0.2) is 22.9 Å². The molecule has 0 aliphatic heterocycles. The minimum absolute atomic E-state index is 0.254. The Balaban J connectivity index is 1.56. The van der Waals surface area contributed by atoms with Crippen molar-refractivity contribution in [2.75, 3.05) is 12.4 Å². The zero-order valence-electron chi connectivity index (χ0n) is 15.4. The molecule has 2 heterocycles. The molecule has 0 fully saturated rings. The molecule has 0 radical (unpaired) electrons. The van der Waals surface area contributed by atoms with Gasteiger partial charge in [0.15, 0.2) is 5.13 Å². The van der Waals surface area contributed by atoms with Gasteiger partial charge in [0, 0.05) is 31.1 Å². The summed E-state index contributed by atoms with van der Waals surface area (Å²) in [5.41, 5.74) is 3.40. The number of nitrogens with one attached hydrogen (secondary N) is 2. The monoisotopic (exact) mass is 390 g/mol. The SMILES string of the molecule is CNC(=O)c1cc(Oc2ccc3nc(Nc4cccc(C)c4)sc3c2)ccn1. The van der Waals surface area contributed by atoms with Gasteiger partial charge in [0.1, 0.15) is 17.2 Å². The Morgan fingerprint density at radius 3 is 2.75 bits per heavy atom. The van der Waals surface area contributed by atoms with Crippen molar-refractivity contribution in [3.63, 3.8) is 0 Å². The largest absolute Gasteiger partial charge is 0.457 e. The molecule has 7 heteroatoms. The Morgan fingerprint density at radius 2 is 1.93 bits per heavy atom. The third kappa shape index (κ3) is 3.94. The van der Waals surface area contributed by atoms with Crippen molar-refractivity contribution in [3.05, 3.63) is 72.1 Å². The fourth-order valence-electron chi connectivity index (χ4n) is 2.73. The van der Waals surface area contributed by atoms with Crippen LogP contribution < -0.4 is 15.4 Å². The maximum absolute atomic E-state index is 11.7. The predicted molar refractivity (Wildman–Crippen MR) is 112 cm³/mol. The molecule has 0 atom stereocenters. The van der Waals surface area contributed by atoms with Crippen molar-refractivity contribution in [2.45, 2.75) is 6.92 Å². The van der Waals surface area contributed by atoms with Crippen molar-refractivity contribution in [1.29, 1.82) is 0 Å². The predicted octanol–water partition coefficient (Wildman–Crippen LogP) is 4.90. The lowest BCUT2D eigenvalue weighted by molar-refractivity contribution is 0.0958. The van der Waals surface area contributed by atoms with Gasteiger partial charge in [-0.15, -0.1) is 0 Å². The molecule has 0 bridgehead atoms. The van der Waals surface area contributed by atoms with Crippen LogP contribution in [0.4, 0.5) is 10.8 Å². The Hall–Kier alpha value is -3.45. The van der Waals surface area contributed by atoms with Gasteiger partial charge in [0.25, 0.3) is 5.91 Å². The van der Waals surface area contributed by atoms with Crippen molar-refractivity contribution in [1.82, 2.24) is 15.3 Å². The summed E-state index contributed by atoms with van der Waals surface area (Å²) in [6, 6.07) is 17.2. The van der Waals surface area contributed by atoms with E-state index in [1.165, 1.54) is 5.56 Å². The number of carbonyl (C=O) groups excluding carboxylic acids is 1. The Labute approximate surface area is 166 Å². The number of aryl methyl sites for hydroxylation is 1. The first-order chi connectivity index (χ1) is 13.6. The summed E-state index contributed by atoms with van der Waals surface area (Å²) < 4.78 is 6.91. The van der Waals surface area contributed by atoms with Gasteiger partial charge >= 0.3 is 0 Å². The average Bonchev–Trinajstić information content (AvgIpc) is 3.09. The first-order valence-corrected chi connectivity index (χ1v) is 9.52. The molecule has 28 heavy (non-hydrogen) atoms. The summed E-state index contributed by atoms with van der Waals surface area (Å²) >= 11 is 1.56. The topological polar surface area (TPSA) is 76.1 Å². The smallest absolute Gasteiger partial charge is 0.269 e. The summed E-state index contributed by atoms with van der Waals surface area (Å²) in [7, 11) is 1.57. The normalized spacial score (nSPS) is 10.6. The average molecular weight is 390 g/mol. The summed E-state index contributed by atoms with van der Waals surface area (Å²) in [4.78, 5) is 20.4. The molecule has 0 spiro atoms. The number of pyridine rings is 1. The standard InChI is InChI=1S/C21H18N4O2S/c1-13-4-3-5-14(10-13)24-21-25-17-7-6-15(12-19(17)28-21)27-16-8-9-23-18(11-16)20(26)22-2/h3-12H,1-2H3,(H,22,26)(H,24,25). The minimum Gasteiger partial charge on any atom is -0.457 e. The molecule has 4 aromatic rings. The van der Waals surface area contributed by atoms with Crippen LogP contribution in [0.1, 0.15) is 16.1 Å². The maximum Gasteiger partial charge on any atom is 0.269 e. The summed E-state index contributed by atoms with van der Waals surface area (Å²) in [5, 5.41) is 6.72. The number of benzene rings is 2. The molecule has 0 saturated heterocycles. The van der Waals surface area contributed by atoms with Crippen LogP contribution in [0.2, 0.25) is 0 Å². The van der Waals surface area contributed by atoms with E-state index >= 15 is 0 Å². The lowest BCUT2D eigenvalue weighted by atomic mass is 10.2. The molecule has 0 aliphatic rings. The van der Waals surface area contributed by atoms with Crippen LogP contribution >= 0.6 is 11.3 Å². The molecule has 0 aliphatic carbocycles. The lowest BCUT2D eigenvalue weighted by Crippen LogP contribution is -2.18. The van der Waals surface area contributed by atoms with Crippen molar-refractivity contribution >= 4 is 38.3 Å². The number of ether oxygens (including phenoxy) is 1.